The van der Waals surface area contributed by atoms with Gasteiger partial charge in [-0.3, -0.25) is 10.1 Å². The van der Waals surface area contributed by atoms with Gasteiger partial charge in [0, 0.05) is 12.6 Å². The van der Waals surface area contributed by atoms with Crippen molar-refractivity contribution < 1.29 is 23.2 Å². The second-order valence-electron chi connectivity index (χ2n) is 4.63. The summed E-state index contributed by atoms with van der Waals surface area (Å²) in [5.74, 6) is 0. The molecule has 0 amide bonds. The Morgan fingerprint density at radius 2 is 2.15 bits per heavy atom. The van der Waals surface area contributed by atoms with Gasteiger partial charge in [-0.1, -0.05) is 0 Å². The molecule has 20 heavy (non-hydrogen) atoms. The van der Waals surface area contributed by atoms with Gasteiger partial charge in [0.1, 0.15) is 5.69 Å². The van der Waals surface area contributed by atoms with Gasteiger partial charge in [-0.05, 0) is 25.0 Å². The fraction of sp³-hybridized carbons (Fsp3) is 0.500. The van der Waals surface area contributed by atoms with Crippen LogP contribution in [0.1, 0.15) is 18.4 Å². The fourth-order valence-corrected chi connectivity index (χ4v) is 2.43. The summed E-state index contributed by atoms with van der Waals surface area (Å²) in [4.78, 5) is 11.8. The van der Waals surface area contributed by atoms with Crippen LogP contribution in [0.2, 0.25) is 0 Å². The molecule has 1 atom stereocenters. The zero-order chi connectivity index (χ0) is 14.9. The van der Waals surface area contributed by atoms with E-state index >= 15 is 0 Å². The highest BCUT2D eigenvalue weighted by molar-refractivity contribution is 5.65. The number of nitro groups is 1. The predicted molar refractivity (Wildman–Crippen MR) is 65.6 cm³/mol. The third-order valence-corrected chi connectivity index (χ3v) is 3.40. The van der Waals surface area contributed by atoms with Crippen LogP contribution in [0, 0.1) is 10.1 Å². The highest BCUT2D eigenvalue weighted by Crippen LogP contribution is 2.38. The number of hydrogen-bond acceptors (Lipinski definition) is 4. The van der Waals surface area contributed by atoms with E-state index in [1.54, 1.807) is 4.90 Å². The highest BCUT2D eigenvalue weighted by Gasteiger charge is 2.35. The molecule has 1 fully saturated rings. The van der Waals surface area contributed by atoms with Crippen LogP contribution in [0.5, 0.6) is 0 Å². The van der Waals surface area contributed by atoms with Gasteiger partial charge >= 0.3 is 6.18 Å². The average molecular weight is 290 g/mol. The normalized spacial score (nSPS) is 19.4. The number of aliphatic hydroxyl groups excluding tert-OH is 1. The summed E-state index contributed by atoms with van der Waals surface area (Å²) >= 11 is 0. The van der Waals surface area contributed by atoms with Crippen LogP contribution in [0.25, 0.3) is 0 Å². The number of halogens is 3. The Kier molecular flexibility index (Phi) is 3.85. The molecule has 1 aliphatic rings. The molecule has 1 aliphatic heterocycles. The second-order valence-corrected chi connectivity index (χ2v) is 4.63. The molecule has 1 aromatic carbocycles. The van der Waals surface area contributed by atoms with E-state index in [0.717, 1.165) is 18.6 Å². The minimum Gasteiger partial charge on any atom is -0.394 e. The van der Waals surface area contributed by atoms with Gasteiger partial charge in [0.15, 0.2) is 0 Å². The number of anilines is 1. The van der Waals surface area contributed by atoms with Crippen LogP contribution >= 0.6 is 0 Å². The number of rotatable bonds is 3. The number of hydrogen-bond donors (Lipinski definition) is 1. The molecular weight excluding hydrogens is 277 g/mol. The molecule has 2 rings (SSSR count). The smallest absolute Gasteiger partial charge is 0.394 e. The minimum atomic E-state index is -4.62. The molecule has 0 saturated carbocycles. The summed E-state index contributed by atoms with van der Waals surface area (Å²) in [5, 5.41) is 20.2. The van der Waals surface area contributed by atoms with Crippen LogP contribution < -0.4 is 4.90 Å². The van der Waals surface area contributed by atoms with Crippen molar-refractivity contribution in [1.82, 2.24) is 0 Å². The zero-order valence-electron chi connectivity index (χ0n) is 10.4. The van der Waals surface area contributed by atoms with Gasteiger partial charge in [-0.15, -0.1) is 0 Å². The summed E-state index contributed by atoms with van der Waals surface area (Å²) in [6, 6.07) is 2.19. The molecule has 0 aromatic heterocycles. The van der Waals surface area contributed by atoms with Crippen molar-refractivity contribution in [3.8, 4) is 0 Å². The molecule has 8 heteroatoms. The summed E-state index contributed by atoms with van der Waals surface area (Å²) in [5.41, 5.74) is -1.51. The quantitative estimate of drug-likeness (QED) is 0.686. The molecule has 0 aliphatic carbocycles. The van der Waals surface area contributed by atoms with Crippen molar-refractivity contribution in [2.75, 3.05) is 18.1 Å². The van der Waals surface area contributed by atoms with Gasteiger partial charge in [0.25, 0.3) is 5.69 Å². The van der Waals surface area contributed by atoms with Crippen molar-refractivity contribution in [3.05, 3.63) is 33.9 Å². The van der Waals surface area contributed by atoms with Gasteiger partial charge in [-0.25, -0.2) is 0 Å². The number of nitro benzene ring substituents is 1. The van der Waals surface area contributed by atoms with Crippen molar-refractivity contribution in [2.45, 2.75) is 25.1 Å². The standard InChI is InChI=1S/C12H13F3N2O3/c13-12(14,15)8-3-4-10(11(6-8)17(19)20)16-5-1-2-9(16)7-18/h3-4,6,9,18H,1-2,5,7H2. The molecule has 1 unspecified atom stereocenters. The molecule has 110 valence electrons. The van der Waals surface area contributed by atoms with E-state index in [0.29, 0.717) is 19.0 Å². The van der Waals surface area contributed by atoms with Gasteiger partial charge in [0.05, 0.1) is 23.1 Å². The summed E-state index contributed by atoms with van der Waals surface area (Å²) < 4.78 is 37.8. The molecule has 0 bridgehead atoms. The maximum absolute atomic E-state index is 12.6. The van der Waals surface area contributed by atoms with Crippen molar-refractivity contribution in [3.63, 3.8) is 0 Å². The SMILES string of the molecule is O=[N+]([O-])c1cc(C(F)(F)F)ccc1N1CCCC1CO. The Bertz CT molecular complexity index is 519. The molecule has 0 radical (unpaired) electrons. The van der Waals surface area contributed by atoms with E-state index in [4.69, 9.17) is 0 Å². The summed E-state index contributed by atoms with van der Waals surface area (Å²) in [7, 11) is 0. The zero-order valence-corrected chi connectivity index (χ0v) is 10.4. The Hall–Kier alpha value is -1.83. The first-order valence-corrected chi connectivity index (χ1v) is 6.07. The monoisotopic (exact) mass is 290 g/mol. The van der Waals surface area contributed by atoms with Crippen LogP contribution in [0.4, 0.5) is 24.5 Å². The van der Waals surface area contributed by atoms with Crippen LogP contribution in [-0.4, -0.2) is 29.2 Å². The van der Waals surface area contributed by atoms with E-state index in [1.807, 2.05) is 0 Å². The first-order chi connectivity index (χ1) is 9.34. The van der Waals surface area contributed by atoms with E-state index in [9.17, 15) is 28.4 Å². The lowest BCUT2D eigenvalue weighted by Gasteiger charge is -2.25. The van der Waals surface area contributed by atoms with E-state index in [1.165, 1.54) is 0 Å². The molecule has 5 nitrogen and oxygen atoms in total. The van der Waals surface area contributed by atoms with Crippen LogP contribution in [-0.2, 0) is 6.18 Å². The number of benzene rings is 1. The Balaban J connectivity index is 2.46. The van der Waals surface area contributed by atoms with Gasteiger partial charge in [-0.2, -0.15) is 13.2 Å². The summed E-state index contributed by atoms with van der Waals surface area (Å²) in [6.07, 6.45) is -3.22. The fourth-order valence-electron chi connectivity index (χ4n) is 2.43. The van der Waals surface area contributed by atoms with E-state index < -0.39 is 22.4 Å². The Morgan fingerprint density at radius 1 is 1.45 bits per heavy atom. The third-order valence-electron chi connectivity index (χ3n) is 3.40. The molecule has 1 saturated heterocycles. The maximum Gasteiger partial charge on any atom is 0.416 e. The van der Waals surface area contributed by atoms with E-state index in [-0.39, 0.29) is 18.3 Å². The van der Waals surface area contributed by atoms with Crippen molar-refractivity contribution in [1.29, 1.82) is 0 Å². The lowest BCUT2D eigenvalue weighted by atomic mass is 10.1. The van der Waals surface area contributed by atoms with Crippen LogP contribution in [0.3, 0.4) is 0 Å². The first-order valence-electron chi connectivity index (χ1n) is 6.07. The Labute approximate surface area is 112 Å². The number of nitrogens with zero attached hydrogens (tertiary/aromatic N) is 2. The van der Waals surface area contributed by atoms with E-state index in [2.05, 4.69) is 0 Å². The predicted octanol–water partition coefficient (Wildman–Crippen LogP) is 2.57. The first kappa shape index (κ1) is 14.6. The Morgan fingerprint density at radius 3 is 2.70 bits per heavy atom. The lowest BCUT2D eigenvalue weighted by molar-refractivity contribution is -0.384. The largest absolute Gasteiger partial charge is 0.416 e. The van der Waals surface area contributed by atoms with Gasteiger partial charge < -0.3 is 10.0 Å². The molecule has 0 spiro atoms. The molecule has 1 N–H and O–H groups in total. The molecule has 1 heterocycles. The average Bonchev–Trinajstić information content (AvgIpc) is 2.84. The van der Waals surface area contributed by atoms with Crippen molar-refractivity contribution in [2.24, 2.45) is 0 Å². The highest BCUT2D eigenvalue weighted by atomic mass is 19.4. The topological polar surface area (TPSA) is 66.6 Å². The minimum absolute atomic E-state index is 0.125. The summed E-state index contributed by atoms with van der Waals surface area (Å²) in [6.45, 7) is 0.301. The molecular formula is C12H13F3N2O3. The molecule has 1 aromatic rings. The lowest BCUT2D eigenvalue weighted by Crippen LogP contribution is -2.32. The second kappa shape index (κ2) is 5.28. The number of aliphatic hydroxyl groups is 1. The number of alkyl halides is 3. The van der Waals surface area contributed by atoms with Crippen molar-refractivity contribution >= 4 is 11.4 Å². The third kappa shape index (κ3) is 2.69. The maximum atomic E-state index is 12.6. The van der Waals surface area contributed by atoms with Crippen LogP contribution in [0.15, 0.2) is 18.2 Å². The van der Waals surface area contributed by atoms with Gasteiger partial charge in [0.2, 0.25) is 0 Å².